The fourth-order valence-corrected chi connectivity index (χ4v) is 3.53. The van der Waals surface area contributed by atoms with E-state index >= 15 is 0 Å². The molecule has 0 radical (unpaired) electrons. The summed E-state index contributed by atoms with van der Waals surface area (Å²) >= 11 is 3.51. The van der Waals surface area contributed by atoms with Crippen molar-refractivity contribution >= 4 is 27.0 Å². The van der Waals surface area contributed by atoms with Gasteiger partial charge in [0.05, 0.1) is 11.0 Å². The molecule has 2 unspecified atom stereocenters. The van der Waals surface area contributed by atoms with Gasteiger partial charge >= 0.3 is 0 Å². The number of nitrogens with zero attached hydrogens (tertiary/aromatic N) is 2. The van der Waals surface area contributed by atoms with Gasteiger partial charge in [-0.3, -0.25) is 0 Å². The van der Waals surface area contributed by atoms with Gasteiger partial charge in [0.25, 0.3) is 0 Å². The van der Waals surface area contributed by atoms with Crippen LogP contribution in [0, 0.1) is 0 Å². The molecule has 1 aromatic heterocycles. The van der Waals surface area contributed by atoms with Crippen LogP contribution in [0.15, 0.2) is 22.7 Å². The van der Waals surface area contributed by atoms with E-state index in [0.717, 1.165) is 22.2 Å². The quantitative estimate of drug-likeness (QED) is 0.814. The normalized spacial score (nSPS) is 24.6. The Bertz CT molecular complexity index is 590. The molecule has 4 heteroatoms. The van der Waals surface area contributed by atoms with E-state index < -0.39 is 0 Å². The molecule has 1 heterocycles. The monoisotopic (exact) mass is 321 g/mol. The maximum absolute atomic E-state index is 6.37. The van der Waals surface area contributed by atoms with Crippen LogP contribution in [0.1, 0.15) is 43.8 Å². The average molecular weight is 322 g/mol. The van der Waals surface area contributed by atoms with Gasteiger partial charge in [-0.05, 0) is 31.0 Å². The zero-order chi connectivity index (χ0) is 13.4. The second-order valence-corrected chi connectivity index (χ2v) is 6.49. The van der Waals surface area contributed by atoms with Crippen molar-refractivity contribution in [3.63, 3.8) is 0 Å². The Morgan fingerprint density at radius 1 is 1.26 bits per heavy atom. The molecule has 3 nitrogen and oxygen atoms in total. The van der Waals surface area contributed by atoms with Crippen molar-refractivity contribution in [2.24, 2.45) is 12.8 Å². The minimum Gasteiger partial charge on any atom is -0.331 e. The van der Waals surface area contributed by atoms with Crippen LogP contribution in [0.5, 0.6) is 0 Å². The van der Waals surface area contributed by atoms with Crippen LogP contribution in [0.2, 0.25) is 0 Å². The summed E-state index contributed by atoms with van der Waals surface area (Å²) in [6.07, 6.45) is 6.12. The Balaban J connectivity index is 2.06. The van der Waals surface area contributed by atoms with Gasteiger partial charge in [0.2, 0.25) is 0 Å². The molecule has 1 aliphatic rings. The largest absolute Gasteiger partial charge is 0.331 e. The molecule has 1 saturated carbocycles. The van der Waals surface area contributed by atoms with Crippen LogP contribution < -0.4 is 5.73 Å². The summed E-state index contributed by atoms with van der Waals surface area (Å²) in [5.74, 6) is 1.56. The summed E-state index contributed by atoms with van der Waals surface area (Å²) in [5.41, 5.74) is 8.62. The van der Waals surface area contributed by atoms with Gasteiger partial charge in [-0.15, -0.1) is 0 Å². The highest BCUT2D eigenvalue weighted by Crippen LogP contribution is 2.32. The second kappa shape index (κ2) is 5.25. The number of rotatable bonds is 1. The van der Waals surface area contributed by atoms with Crippen LogP contribution in [0.3, 0.4) is 0 Å². The zero-order valence-electron chi connectivity index (χ0n) is 11.3. The van der Waals surface area contributed by atoms with Crippen molar-refractivity contribution in [3.05, 3.63) is 28.5 Å². The van der Waals surface area contributed by atoms with E-state index in [1.807, 2.05) is 0 Å². The van der Waals surface area contributed by atoms with Crippen molar-refractivity contribution in [1.29, 1.82) is 0 Å². The summed E-state index contributed by atoms with van der Waals surface area (Å²) in [7, 11) is 2.11. The third kappa shape index (κ3) is 2.43. The highest BCUT2D eigenvalue weighted by Gasteiger charge is 2.26. The van der Waals surface area contributed by atoms with Gasteiger partial charge < -0.3 is 10.3 Å². The molecular weight excluding hydrogens is 302 g/mol. The maximum Gasteiger partial charge on any atom is 0.114 e. The third-order valence-corrected chi connectivity index (χ3v) is 4.77. The van der Waals surface area contributed by atoms with Gasteiger partial charge in [-0.25, -0.2) is 4.98 Å². The van der Waals surface area contributed by atoms with E-state index in [2.05, 4.69) is 45.7 Å². The van der Waals surface area contributed by atoms with E-state index in [4.69, 9.17) is 10.7 Å². The van der Waals surface area contributed by atoms with Crippen molar-refractivity contribution in [2.45, 2.75) is 44.1 Å². The number of imidazole rings is 1. The van der Waals surface area contributed by atoms with E-state index in [9.17, 15) is 0 Å². The fraction of sp³-hybridized carbons (Fsp3) is 0.533. The molecule has 0 spiro atoms. The minimum absolute atomic E-state index is 0.251. The molecule has 2 atom stereocenters. The number of aryl methyl sites for hydroxylation is 1. The van der Waals surface area contributed by atoms with Crippen LogP contribution in [-0.2, 0) is 7.05 Å². The third-order valence-electron chi connectivity index (χ3n) is 4.28. The Kier molecular flexibility index (Phi) is 3.63. The van der Waals surface area contributed by atoms with E-state index in [-0.39, 0.29) is 6.04 Å². The Morgan fingerprint density at radius 3 is 2.89 bits per heavy atom. The summed E-state index contributed by atoms with van der Waals surface area (Å²) in [6.45, 7) is 0. The fourth-order valence-electron chi connectivity index (χ4n) is 3.18. The first-order chi connectivity index (χ1) is 9.16. The topological polar surface area (TPSA) is 43.8 Å². The smallest absolute Gasteiger partial charge is 0.114 e. The number of halogens is 1. The SMILES string of the molecule is Cn1c(C2CCCCCC2N)nc2cc(Br)ccc21. The Labute approximate surface area is 122 Å². The van der Waals surface area contributed by atoms with E-state index in [1.165, 1.54) is 31.2 Å². The van der Waals surface area contributed by atoms with Crippen LogP contribution in [0.4, 0.5) is 0 Å². The lowest BCUT2D eigenvalue weighted by molar-refractivity contribution is 0.474. The first-order valence-corrected chi connectivity index (χ1v) is 7.83. The average Bonchev–Trinajstić information content (AvgIpc) is 2.57. The molecular formula is C15H20BrN3. The number of nitrogens with two attached hydrogens (primary N) is 1. The summed E-state index contributed by atoms with van der Waals surface area (Å²) in [4.78, 5) is 4.84. The van der Waals surface area contributed by atoms with Crippen LogP contribution in [0.25, 0.3) is 11.0 Å². The highest BCUT2D eigenvalue weighted by molar-refractivity contribution is 9.10. The first-order valence-electron chi connectivity index (χ1n) is 7.04. The van der Waals surface area contributed by atoms with E-state index in [1.54, 1.807) is 0 Å². The molecule has 1 aromatic carbocycles. The summed E-state index contributed by atoms with van der Waals surface area (Å²) in [5, 5.41) is 0. The maximum atomic E-state index is 6.37. The van der Waals surface area contributed by atoms with Gasteiger partial charge in [-0.1, -0.05) is 35.2 Å². The lowest BCUT2D eigenvalue weighted by Crippen LogP contribution is -2.29. The first kappa shape index (κ1) is 13.1. The second-order valence-electron chi connectivity index (χ2n) is 5.57. The molecule has 2 N–H and O–H groups in total. The van der Waals surface area contributed by atoms with E-state index in [0.29, 0.717) is 5.92 Å². The van der Waals surface area contributed by atoms with Crippen molar-refractivity contribution < 1.29 is 0 Å². The van der Waals surface area contributed by atoms with Crippen LogP contribution in [-0.4, -0.2) is 15.6 Å². The lowest BCUT2D eigenvalue weighted by atomic mass is 9.94. The van der Waals surface area contributed by atoms with Crippen LogP contribution >= 0.6 is 15.9 Å². The number of hydrogen-bond acceptors (Lipinski definition) is 2. The molecule has 0 saturated heterocycles. The molecule has 102 valence electrons. The predicted molar refractivity (Wildman–Crippen MR) is 82.2 cm³/mol. The van der Waals surface area contributed by atoms with Crippen molar-refractivity contribution in [1.82, 2.24) is 9.55 Å². The molecule has 3 rings (SSSR count). The van der Waals surface area contributed by atoms with Gasteiger partial charge in [0.15, 0.2) is 0 Å². The summed E-state index contributed by atoms with van der Waals surface area (Å²) in [6, 6.07) is 6.53. The predicted octanol–water partition coefficient (Wildman–Crippen LogP) is 3.71. The number of benzene rings is 1. The summed E-state index contributed by atoms with van der Waals surface area (Å²) < 4.78 is 3.30. The van der Waals surface area contributed by atoms with Crippen molar-refractivity contribution in [3.8, 4) is 0 Å². The standard InChI is InChI=1S/C15H20BrN3/c1-19-14-8-7-10(16)9-13(14)18-15(19)11-5-3-2-4-6-12(11)17/h7-9,11-12H,2-6,17H2,1H3. The molecule has 0 aliphatic heterocycles. The molecule has 0 amide bonds. The van der Waals surface area contributed by atoms with Crippen molar-refractivity contribution in [2.75, 3.05) is 0 Å². The number of fused-ring (bicyclic) bond motifs is 1. The lowest BCUT2D eigenvalue weighted by Gasteiger charge is -2.20. The number of aromatic nitrogens is 2. The van der Waals surface area contributed by atoms with Gasteiger partial charge in [-0.2, -0.15) is 0 Å². The molecule has 1 aliphatic carbocycles. The molecule has 0 bridgehead atoms. The molecule has 2 aromatic rings. The van der Waals surface area contributed by atoms with Gasteiger partial charge in [0.1, 0.15) is 5.82 Å². The molecule has 19 heavy (non-hydrogen) atoms. The Hall–Kier alpha value is -0.870. The molecule has 1 fully saturated rings. The van der Waals surface area contributed by atoms with Gasteiger partial charge in [0, 0.05) is 23.5 Å². The number of hydrogen-bond donors (Lipinski definition) is 1. The minimum atomic E-state index is 0.251. The zero-order valence-corrected chi connectivity index (χ0v) is 12.9. The Morgan fingerprint density at radius 2 is 2.05 bits per heavy atom. The highest BCUT2D eigenvalue weighted by atomic mass is 79.9.